The van der Waals surface area contributed by atoms with E-state index in [1.165, 1.54) is 0 Å². The van der Waals surface area contributed by atoms with Gasteiger partial charge in [0.05, 0.1) is 0 Å². The quantitative estimate of drug-likeness (QED) is 0.127. The summed E-state index contributed by atoms with van der Waals surface area (Å²) in [5.41, 5.74) is 0. The summed E-state index contributed by atoms with van der Waals surface area (Å²) in [6, 6.07) is 0. The van der Waals surface area contributed by atoms with E-state index in [1.54, 1.807) is 0 Å². The summed E-state index contributed by atoms with van der Waals surface area (Å²) in [7, 11) is -4.90. The molecule has 0 aliphatic rings. The summed E-state index contributed by atoms with van der Waals surface area (Å²) in [5, 5.41) is 27.9. The second kappa shape index (κ2) is 8.76. The largest absolute Gasteiger partial charge is 1.00 e. The smallest absolute Gasteiger partial charge is 0.858 e. The first-order valence-electron chi connectivity index (χ1n) is 2.84. The van der Waals surface area contributed by atoms with Crippen LogP contribution in [0.1, 0.15) is 6.42 Å². The molecule has 1 unspecified atom stereocenters. The molecule has 0 saturated carbocycles. The van der Waals surface area contributed by atoms with Crippen LogP contribution in [0, 0.1) is 0 Å². The summed E-state index contributed by atoms with van der Waals surface area (Å²) in [6.45, 7) is 0. The predicted octanol–water partition coefficient (Wildman–Crippen LogP) is -9.46. The number of carbonyl (C=O) groups is 1. The van der Waals surface area contributed by atoms with Crippen LogP contribution in [0.25, 0.3) is 0 Å². The summed E-state index contributed by atoms with van der Waals surface area (Å²) in [5.74, 6) is -3.52. The van der Waals surface area contributed by atoms with Crippen molar-refractivity contribution < 1.29 is 92.3 Å². The SMILES string of the molecule is O=C([O-])CC(C([O-])=NO)S(=O)(=O)O.[Na+].[Na+]. The second-order valence-corrected chi connectivity index (χ2v) is 3.62. The van der Waals surface area contributed by atoms with E-state index in [2.05, 4.69) is 0 Å². The molecule has 0 rings (SSSR count). The molecular weight excluding hydrogens is 252 g/mol. The molecule has 11 heteroatoms. The minimum atomic E-state index is -4.90. The zero-order chi connectivity index (χ0) is 10.6. The molecule has 0 aliphatic carbocycles. The number of nitrogens with zero attached hydrogens (tertiary/aromatic N) is 1. The summed E-state index contributed by atoms with van der Waals surface area (Å²) in [6.07, 6.45) is -1.26. The van der Waals surface area contributed by atoms with Crippen LogP contribution in [0.4, 0.5) is 0 Å². The van der Waals surface area contributed by atoms with Gasteiger partial charge in [-0.1, -0.05) is 0 Å². The molecule has 0 bridgehead atoms. The Hall–Kier alpha value is 0.650. The van der Waals surface area contributed by atoms with Crippen molar-refractivity contribution >= 4 is 22.0 Å². The zero-order valence-electron chi connectivity index (χ0n) is 8.08. The molecule has 0 fully saturated rings. The third-order valence-corrected chi connectivity index (χ3v) is 2.17. The Balaban J connectivity index is -0.000000720. The van der Waals surface area contributed by atoms with Crippen molar-refractivity contribution in [3.63, 3.8) is 0 Å². The fraction of sp³-hybridized carbons (Fsp3) is 0.500. The summed E-state index contributed by atoms with van der Waals surface area (Å²) < 4.78 is 29.0. The third-order valence-electron chi connectivity index (χ3n) is 1.09. The Morgan fingerprint density at radius 1 is 1.33 bits per heavy atom. The fourth-order valence-electron chi connectivity index (χ4n) is 0.536. The minimum Gasteiger partial charge on any atom is -0.858 e. The van der Waals surface area contributed by atoms with Crippen LogP contribution in [0.5, 0.6) is 0 Å². The van der Waals surface area contributed by atoms with E-state index in [0.717, 1.165) is 0 Å². The topological polar surface area (TPSA) is 150 Å². The molecule has 0 heterocycles. The van der Waals surface area contributed by atoms with Crippen LogP contribution in [0.2, 0.25) is 0 Å². The first-order chi connectivity index (χ1) is 5.79. The van der Waals surface area contributed by atoms with E-state index in [9.17, 15) is 23.4 Å². The standard InChI is InChI=1S/C4H7NO7S.2Na/c6-3(7)1-2(4(8)5-9)13(10,11)12;;/h2,9H,1H2,(H,5,8)(H,6,7)(H,10,11,12);;/q;2*+1/p-2. The Kier molecular flexibility index (Phi) is 12.3. The van der Waals surface area contributed by atoms with Gasteiger partial charge in [0.1, 0.15) is 5.25 Å². The number of carbonyl (C=O) groups excluding carboxylic acids is 1. The molecule has 0 amide bonds. The van der Waals surface area contributed by atoms with E-state index >= 15 is 0 Å². The Morgan fingerprint density at radius 2 is 1.73 bits per heavy atom. The van der Waals surface area contributed by atoms with Crippen molar-refractivity contribution in [3.05, 3.63) is 0 Å². The molecule has 0 aromatic rings. The van der Waals surface area contributed by atoms with Crippen molar-refractivity contribution in [2.45, 2.75) is 11.7 Å². The average molecular weight is 257 g/mol. The molecule has 0 radical (unpaired) electrons. The van der Waals surface area contributed by atoms with E-state index in [1.807, 2.05) is 5.16 Å². The molecule has 8 nitrogen and oxygen atoms in total. The number of oxime groups is 1. The van der Waals surface area contributed by atoms with Gasteiger partial charge in [-0.3, -0.25) is 4.55 Å². The molecule has 15 heavy (non-hydrogen) atoms. The van der Waals surface area contributed by atoms with Crippen LogP contribution in [-0.4, -0.2) is 35.3 Å². The molecule has 0 aromatic heterocycles. The number of rotatable bonds is 4. The van der Waals surface area contributed by atoms with E-state index in [-0.39, 0.29) is 59.1 Å². The molecule has 0 aromatic carbocycles. The first-order valence-corrected chi connectivity index (χ1v) is 4.34. The van der Waals surface area contributed by atoms with Crippen LogP contribution in [0.3, 0.4) is 0 Å². The zero-order valence-corrected chi connectivity index (χ0v) is 12.9. The second-order valence-electron chi connectivity index (χ2n) is 2.02. The first kappa shape index (κ1) is 21.0. The van der Waals surface area contributed by atoms with Gasteiger partial charge in [-0.05, 0) is 0 Å². The average Bonchev–Trinajstić information content (AvgIpc) is 1.96. The number of carboxylic acids is 1. The number of aliphatic carboxylic acids is 1. The molecule has 76 valence electrons. The number of carboxylic acid groups (broad SMARTS) is 1. The van der Waals surface area contributed by atoms with Crippen LogP contribution < -0.4 is 69.3 Å². The van der Waals surface area contributed by atoms with Gasteiger partial charge in [0.2, 0.25) is 0 Å². The maximum absolute atomic E-state index is 10.4. The molecule has 2 N–H and O–H groups in total. The van der Waals surface area contributed by atoms with Gasteiger partial charge in [0.15, 0.2) is 0 Å². The summed E-state index contributed by atoms with van der Waals surface area (Å²) in [4.78, 5) is 9.91. The van der Waals surface area contributed by atoms with Crippen LogP contribution >= 0.6 is 0 Å². The van der Waals surface area contributed by atoms with Crippen molar-refractivity contribution in [3.8, 4) is 0 Å². The predicted molar refractivity (Wildman–Crippen MR) is 34.2 cm³/mol. The van der Waals surface area contributed by atoms with Crippen LogP contribution in [0.15, 0.2) is 5.16 Å². The minimum absolute atomic E-state index is 0. The van der Waals surface area contributed by atoms with E-state index in [4.69, 9.17) is 9.76 Å². The molecule has 0 saturated heterocycles. The van der Waals surface area contributed by atoms with Gasteiger partial charge in [0.25, 0.3) is 10.1 Å². The van der Waals surface area contributed by atoms with Crippen LogP contribution in [-0.2, 0) is 14.9 Å². The van der Waals surface area contributed by atoms with Gasteiger partial charge in [-0.25, -0.2) is 0 Å². The maximum atomic E-state index is 10.4. The number of hydrogen-bond donors (Lipinski definition) is 2. The third kappa shape index (κ3) is 8.46. The van der Waals surface area contributed by atoms with Crippen molar-refractivity contribution in [1.82, 2.24) is 0 Å². The molecular formula is C4H5NNa2O7S. The monoisotopic (exact) mass is 257 g/mol. The van der Waals surface area contributed by atoms with E-state index < -0.39 is 33.7 Å². The Bertz CT molecular complexity index is 326. The Morgan fingerprint density at radius 3 is 1.93 bits per heavy atom. The fourth-order valence-corrected chi connectivity index (χ4v) is 1.18. The van der Waals surface area contributed by atoms with Crippen molar-refractivity contribution in [1.29, 1.82) is 0 Å². The maximum Gasteiger partial charge on any atom is 1.00 e. The van der Waals surface area contributed by atoms with Gasteiger partial charge in [-0.15, -0.1) is 5.16 Å². The number of hydrogen-bond acceptors (Lipinski definition) is 7. The molecule has 0 aliphatic heterocycles. The summed E-state index contributed by atoms with van der Waals surface area (Å²) >= 11 is 0. The van der Waals surface area contributed by atoms with Gasteiger partial charge < -0.3 is 20.2 Å². The normalized spacial score (nSPS) is 13.3. The van der Waals surface area contributed by atoms with Gasteiger partial charge >= 0.3 is 59.1 Å². The van der Waals surface area contributed by atoms with Crippen molar-refractivity contribution in [2.75, 3.05) is 0 Å². The van der Waals surface area contributed by atoms with E-state index in [0.29, 0.717) is 0 Å². The molecule has 0 spiro atoms. The molecule has 1 atom stereocenters. The Labute approximate surface area is 130 Å². The van der Waals surface area contributed by atoms with Gasteiger partial charge in [-0.2, -0.15) is 8.42 Å². The van der Waals surface area contributed by atoms with Crippen molar-refractivity contribution in [2.24, 2.45) is 5.16 Å². The van der Waals surface area contributed by atoms with Gasteiger partial charge in [0, 0.05) is 18.3 Å².